The van der Waals surface area contributed by atoms with Crippen molar-refractivity contribution < 1.29 is 0 Å². The van der Waals surface area contributed by atoms with E-state index in [1.165, 1.54) is 17.9 Å². The van der Waals surface area contributed by atoms with Gasteiger partial charge >= 0.3 is 0 Å². The molecule has 0 amide bonds. The largest absolute Gasteiger partial charge is 0.313 e. The van der Waals surface area contributed by atoms with Gasteiger partial charge < -0.3 is 5.32 Å². The zero-order valence-corrected chi connectivity index (χ0v) is 15.7. The lowest BCUT2D eigenvalue weighted by molar-refractivity contribution is 0.490. The predicted octanol–water partition coefficient (Wildman–Crippen LogP) is 5.14. The molecule has 118 valence electrons. The van der Waals surface area contributed by atoms with Crippen molar-refractivity contribution in [3.05, 3.63) is 33.8 Å². The van der Waals surface area contributed by atoms with Gasteiger partial charge in [-0.3, -0.25) is 0 Å². The number of thioether (sulfide) groups is 2. The highest BCUT2D eigenvalue weighted by molar-refractivity contribution is 8.07. The molecule has 0 spiro atoms. The smallest absolute Gasteiger partial charge is 0.0439 e. The highest BCUT2D eigenvalue weighted by Gasteiger charge is 2.32. The molecule has 3 atom stereocenters. The van der Waals surface area contributed by atoms with Crippen molar-refractivity contribution in [3.63, 3.8) is 0 Å². The van der Waals surface area contributed by atoms with Gasteiger partial charge in [0.05, 0.1) is 0 Å². The second-order valence-electron chi connectivity index (χ2n) is 5.26. The molecule has 1 aromatic carbocycles. The zero-order valence-electron chi connectivity index (χ0n) is 12.6. The lowest BCUT2D eigenvalue weighted by Gasteiger charge is -2.36. The van der Waals surface area contributed by atoms with E-state index in [1.807, 2.05) is 18.2 Å². The van der Waals surface area contributed by atoms with Gasteiger partial charge in [0.15, 0.2) is 0 Å². The van der Waals surface area contributed by atoms with Gasteiger partial charge in [-0.15, -0.1) is 0 Å². The molecule has 5 heteroatoms. The summed E-state index contributed by atoms with van der Waals surface area (Å²) < 4.78 is 0. The number of hydrogen-bond acceptors (Lipinski definition) is 3. The van der Waals surface area contributed by atoms with Crippen LogP contribution in [0.15, 0.2) is 18.2 Å². The van der Waals surface area contributed by atoms with E-state index < -0.39 is 0 Å². The molecule has 0 aromatic heterocycles. The Morgan fingerprint density at radius 1 is 1.24 bits per heavy atom. The Kier molecular flexibility index (Phi) is 7.57. The first kappa shape index (κ1) is 17.8. The fourth-order valence-corrected chi connectivity index (χ4v) is 6.47. The number of halogens is 2. The van der Waals surface area contributed by atoms with Crippen molar-refractivity contribution in [1.82, 2.24) is 5.32 Å². The van der Waals surface area contributed by atoms with Gasteiger partial charge in [0, 0.05) is 38.1 Å². The first-order chi connectivity index (χ1) is 10.2. The first-order valence-electron chi connectivity index (χ1n) is 7.56. The Labute approximate surface area is 146 Å². The second kappa shape index (κ2) is 8.93. The average molecular weight is 364 g/mol. The average Bonchev–Trinajstić information content (AvgIpc) is 2.50. The molecule has 0 radical (unpaired) electrons. The monoisotopic (exact) mass is 363 g/mol. The topological polar surface area (TPSA) is 12.0 Å². The third-order valence-corrected chi connectivity index (χ3v) is 7.82. The van der Waals surface area contributed by atoms with E-state index in [4.69, 9.17) is 23.2 Å². The normalized spacial score (nSPS) is 24.0. The minimum atomic E-state index is 0.453. The maximum Gasteiger partial charge on any atom is 0.0439 e. The molecule has 1 N–H and O–H groups in total. The summed E-state index contributed by atoms with van der Waals surface area (Å²) in [6.45, 7) is 5.46. The van der Waals surface area contributed by atoms with Crippen molar-refractivity contribution in [2.24, 2.45) is 0 Å². The molecule has 3 unspecified atom stereocenters. The van der Waals surface area contributed by atoms with Gasteiger partial charge in [0.1, 0.15) is 0 Å². The van der Waals surface area contributed by atoms with Crippen molar-refractivity contribution in [3.8, 4) is 0 Å². The maximum absolute atomic E-state index is 6.35. The number of likely N-dealkylation sites (N-methyl/N-ethyl adjacent to an activating group) is 1. The molecule has 21 heavy (non-hydrogen) atoms. The summed E-state index contributed by atoms with van der Waals surface area (Å²) in [5, 5.41) is 6.63. The lowest BCUT2D eigenvalue weighted by atomic mass is 10.00. The Hall–Kier alpha value is 0.460. The number of hydrogen-bond donors (Lipinski definition) is 1. The summed E-state index contributed by atoms with van der Waals surface area (Å²) in [4.78, 5) is 0. The van der Waals surface area contributed by atoms with Crippen LogP contribution in [0, 0.1) is 0 Å². The van der Waals surface area contributed by atoms with Crippen LogP contribution in [0.4, 0.5) is 0 Å². The summed E-state index contributed by atoms with van der Waals surface area (Å²) in [6.07, 6.45) is 2.18. The highest BCUT2D eigenvalue weighted by Crippen LogP contribution is 2.36. The van der Waals surface area contributed by atoms with Gasteiger partial charge in [-0.05, 0) is 43.1 Å². The lowest BCUT2D eigenvalue weighted by Crippen LogP contribution is -2.46. The van der Waals surface area contributed by atoms with Crippen LogP contribution >= 0.6 is 46.7 Å². The molecule has 1 fully saturated rings. The Morgan fingerprint density at radius 3 is 2.71 bits per heavy atom. The van der Waals surface area contributed by atoms with E-state index >= 15 is 0 Å². The molecule has 0 aliphatic carbocycles. The predicted molar refractivity (Wildman–Crippen MR) is 100 cm³/mol. The van der Waals surface area contributed by atoms with E-state index in [-0.39, 0.29) is 0 Å². The van der Waals surface area contributed by atoms with Crippen LogP contribution in [0.5, 0.6) is 0 Å². The minimum absolute atomic E-state index is 0.453. The van der Waals surface area contributed by atoms with Crippen LogP contribution in [0.25, 0.3) is 0 Å². The second-order valence-corrected chi connectivity index (χ2v) is 8.73. The molecule has 0 bridgehead atoms. The molecule has 1 aliphatic heterocycles. The molecule has 1 nitrogen and oxygen atoms in total. The van der Waals surface area contributed by atoms with Crippen LogP contribution in [0.3, 0.4) is 0 Å². The SMILES string of the molecule is CCNC(Cc1cc(Cl)ccc1Cl)C1SCCSC1CC. The van der Waals surface area contributed by atoms with Crippen LogP contribution in [-0.2, 0) is 6.42 Å². The van der Waals surface area contributed by atoms with E-state index in [0.29, 0.717) is 11.3 Å². The summed E-state index contributed by atoms with van der Waals surface area (Å²) >= 11 is 16.7. The number of nitrogens with one attached hydrogen (secondary N) is 1. The van der Waals surface area contributed by atoms with Crippen molar-refractivity contribution in [2.75, 3.05) is 18.1 Å². The minimum Gasteiger partial charge on any atom is -0.313 e. The van der Waals surface area contributed by atoms with Crippen LogP contribution in [-0.4, -0.2) is 34.6 Å². The Morgan fingerprint density at radius 2 is 2.00 bits per heavy atom. The van der Waals surface area contributed by atoms with Crippen molar-refractivity contribution >= 4 is 46.7 Å². The summed E-state index contributed by atoms with van der Waals surface area (Å²) in [5.74, 6) is 2.52. The molecule has 1 heterocycles. The fraction of sp³-hybridized carbons (Fsp3) is 0.625. The summed E-state index contributed by atoms with van der Waals surface area (Å²) in [5.41, 5.74) is 1.15. The van der Waals surface area contributed by atoms with E-state index in [0.717, 1.165) is 33.8 Å². The molecule has 2 rings (SSSR count). The molecule has 1 aliphatic rings. The Bertz CT molecular complexity index is 456. The van der Waals surface area contributed by atoms with E-state index in [2.05, 4.69) is 42.7 Å². The molecule has 1 aromatic rings. The van der Waals surface area contributed by atoms with Gasteiger partial charge in [-0.2, -0.15) is 23.5 Å². The number of benzene rings is 1. The molecular weight excluding hydrogens is 341 g/mol. The highest BCUT2D eigenvalue weighted by atomic mass is 35.5. The Balaban J connectivity index is 2.15. The van der Waals surface area contributed by atoms with Gasteiger partial charge in [-0.25, -0.2) is 0 Å². The maximum atomic E-state index is 6.35. The third kappa shape index (κ3) is 4.97. The standard InChI is InChI=1S/C16H23Cl2NS2/c1-3-15-16(21-8-7-20-15)14(19-4-2)10-11-9-12(17)5-6-13(11)18/h5-6,9,14-16,19H,3-4,7-8,10H2,1-2H3. The fourth-order valence-electron chi connectivity index (χ4n) is 2.81. The summed E-state index contributed by atoms with van der Waals surface area (Å²) in [7, 11) is 0. The van der Waals surface area contributed by atoms with Crippen molar-refractivity contribution in [1.29, 1.82) is 0 Å². The molecule has 0 saturated carbocycles. The third-order valence-electron chi connectivity index (χ3n) is 3.80. The van der Waals surface area contributed by atoms with Crippen LogP contribution in [0.2, 0.25) is 10.0 Å². The van der Waals surface area contributed by atoms with Crippen LogP contribution < -0.4 is 5.32 Å². The zero-order chi connectivity index (χ0) is 15.2. The van der Waals surface area contributed by atoms with Crippen molar-refractivity contribution in [2.45, 2.75) is 43.2 Å². The molecular formula is C16H23Cl2NS2. The quantitative estimate of drug-likeness (QED) is 0.751. The van der Waals surface area contributed by atoms with Gasteiger partial charge in [-0.1, -0.05) is 37.0 Å². The molecule has 1 saturated heterocycles. The van der Waals surface area contributed by atoms with E-state index in [1.54, 1.807) is 0 Å². The summed E-state index contributed by atoms with van der Waals surface area (Å²) in [6, 6.07) is 6.22. The van der Waals surface area contributed by atoms with Crippen LogP contribution in [0.1, 0.15) is 25.8 Å². The van der Waals surface area contributed by atoms with Gasteiger partial charge in [0.25, 0.3) is 0 Å². The first-order valence-corrected chi connectivity index (χ1v) is 10.4. The van der Waals surface area contributed by atoms with E-state index in [9.17, 15) is 0 Å². The van der Waals surface area contributed by atoms with Gasteiger partial charge in [0.2, 0.25) is 0 Å². The number of rotatable bonds is 6.